The van der Waals surface area contributed by atoms with Crippen LogP contribution in [0.3, 0.4) is 0 Å². The van der Waals surface area contributed by atoms with Gasteiger partial charge in [-0.25, -0.2) is 0 Å². The Morgan fingerprint density at radius 3 is 2.59 bits per heavy atom. The molecule has 0 spiro atoms. The van der Waals surface area contributed by atoms with E-state index in [1.165, 1.54) is 5.56 Å². The van der Waals surface area contributed by atoms with E-state index in [4.69, 9.17) is 16.3 Å². The number of methoxy groups -OCH3 is 1. The molecule has 17 heavy (non-hydrogen) atoms. The van der Waals surface area contributed by atoms with E-state index >= 15 is 0 Å². The van der Waals surface area contributed by atoms with Crippen molar-refractivity contribution < 1.29 is 4.74 Å². The molecule has 0 fully saturated rings. The first-order chi connectivity index (χ1) is 7.84. The SMILES string of the molecule is COc1ccc(Br)cc1CC(C)(C)CC(C)Cl. The van der Waals surface area contributed by atoms with Gasteiger partial charge in [-0.3, -0.25) is 0 Å². The molecule has 0 aliphatic rings. The number of hydrogen-bond donors (Lipinski definition) is 0. The monoisotopic (exact) mass is 318 g/mol. The van der Waals surface area contributed by atoms with Gasteiger partial charge in [0.15, 0.2) is 0 Å². The summed E-state index contributed by atoms with van der Waals surface area (Å²) in [7, 11) is 1.71. The molecule has 0 aliphatic carbocycles. The van der Waals surface area contributed by atoms with Crippen molar-refractivity contribution in [1.29, 1.82) is 0 Å². The van der Waals surface area contributed by atoms with Crippen LogP contribution in [-0.4, -0.2) is 12.5 Å². The quantitative estimate of drug-likeness (QED) is 0.691. The fourth-order valence-electron chi connectivity index (χ4n) is 2.23. The fraction of sp³-hybridized carbons (Fsp3) is 0.571. The Morgan fingerprint density at radius 1 is 1.41 bits per heavy atom. The molecule has 0 amide bonds. The summed E-state index contributed by atoms with van der Waals surface area (Å²) >= 11 is 9.60. The molecule has 0 N–H and O–H groups in total. The van der Waals surface area contributed by atoms with E-state index in [-0.39, 0.29) is 10.8 Å². The zero-order valence-corrected chi connectivity index (χ0v) is 13.2. The van der Waals surface area contributed by atoms with Crippen LogP contribution in [0, 0.1) is 5.41 Å². The van der Waals surface area contributed by atoms with Gasteiger partial charge in [0.25, 0.3) is 0 Å². The summed E-state index contributed by atoms with van der Waals surface area (Å²) in [6, 6.07) is 6.12. The first-order valence-corrected chi connectivity index (χ1v) is 7.03. The zero-order chi connectivity index (χ0) is 13.1. The molecule has 0 aliphatic heterocycles. The van der Waals surface area contributed by atoms with E-state index in [1.807, 2.05) is 19.1 Å². The van der Waals surface area contributed by atoms with E-state index < -0.39 is 0 Å². The topological polar surface area (TPSA) is 9.23 Å². The van der Waals surface area contributed by atoms with Gasteiger partial charge in [0.05, 0.1) is 7.11 Å². The molecule has 1 aromatic rings. The van der Waals surface area contributed by atoms with Crippen LogP contribution in [0.2, 0.25) is 0 Å². The molecule has 1 aromatic carbocycles. The Hall–Kier alpha value is -0.210. The largest absolute Gasteiger partial charge is 0.496 e. The van der Waals surface area contributed by atoms with Crippen molar-refractivity contribution in [3.05, 3.63) is 28.2 Å². The van der Waals surface area contributed by atoms with Crippen LogP contribution in [0.5, 0.6) is 5.75 Å². The van der Waals surface area contributed by atoms with Crippen LogP contribution >= 0.6 is 27.5 Å². The highest BCUT2D eigenvalue weighted by atomic mass is 79.9. The van der Waals surface area contributed by atoms with Crippen molar-refractivity contribution in [2.24, 2.45) is 5.41 Å². The van der Waals surface area contributed by atoms with Gasteiger partial charge in [0.2, 0.25) is 0 Å². The van der Waals surface area contributed by atoms with E-state index in [1.54, 1.807) is 7.11 Å². The molecule has 0 saturated heterocycles. The van der Waals surface area contributed by atoms with Gasteiger partial charge in [0, 0.05) is 9.85 Å². The van der Waals surface area contributed by atoms with Crippen molar-refractivity contribution >= 4 is 27.5 Å². The average Bonchev–Trinajstić information content (AvgIpc) is 2.14. The van der Waals surface area contributed by atoms with E-state index in [0.717, 1.165) is 23.1 Å². The van der Waals surface area contributed by atoms with Crippen molar-refractivity contribution in [3.63, 3.8) is 0 Å². The summed E-state index contributed by atoms with van der Waals surface area (Å²) in [4.78, 5) is 0. The summed E-state index contributed by atoms with van der Waals surface area (Å²) in [6.07, 6.45) is 1.96. The minimum atomic E-state index is 0.176. The Kier molecular flexibility index (Phi) is 5.33. The summed E-state index contributed by atoms with van der Waals surface area (Å²) in [5, 5.41) is 0.197. The predicted octanol–water partition coefficient (Wildman–Crippen LogP) is 5.04. The number of benzene rings is 1. The van der Waals surface area contributed by atoms with Gasteiger partial charge in [-0.1, -0.05) is 29.8 Å². The predicted molar refractivity (Wildman–Crippen MR) is 78.1 cm³/mol. The van der Waals surface area contributed by atoms with Gasteiger partial charge in [0.1, 0.15) is 5.75 Å². The molecule has 0 heterocycles. The number of rotatable bonds is 5. The maximum Gasteiger partial charge on any atom is 0.122 e. The third-order valence-electron chi connectivity index (χ3n) is 2.75. The summed E-state index contributed by atoms with van der Waals surface area (Å²) in [5.74, 6) is 0.948. The van der Waals surface area contributed by atoms with Crippen molar-refractivity contribution in [1.82, 2.24) is 0 Å². The maximum atomic E-state index is 6.09. The van der Waals surface area contributed by atoms with Crippen LogP contribution in [0.25, 0.3) is 0 Å². The third-order valence-corrected chi connectivity index (χ3v) is 3.39. The lowest BCUT2D eigenvalue weighted by Crippen LogP contribution is -2.19. The highest BCUT2D eigenvalue weighted by Gasteiger charge is 2.22. The van der Waals surface area contributed by atoms with Gasteiger partial charge >= 0.3 is 0 Å². The number of alkyl halides is 1. The smallest absolute Gasteiger partial charge is 0.122 e. The Labute approximate surface area is 118 Å². The minimum absolute atomic E-state index is 0.176. The van der Waals surface area contributed by atoms with Crippen LogP contribution in [0.1, 0.15) is 32.8 Å². The van der Waals surface area contributed by atoms with Crippen molar-refractivity contribution in [2.45, 2.75) is 39.0 Å². The van der Waals surface area contributed by atoms with Gasteiger partial charge in [-0.2, -0.15) is 0 Å². The lowest BCUT2D eigenvalue weighted by atomic mass is 9.81. The van der Waals surface area contributed by atoms with Crippen LogP contribution in [0.15, 0.2) is 22.7 Å². The fourth-order valence-corrected chi connectivity index (χ4v) is 3.06. The molecule has 0 radical (unpaired) electrons. The second kappa shape index (κ2) is 6.10. The normalized spacial score (nSPS) is 13.5. The summed E-state index contributed by atoms with van der Waals surface area (Å²) in [5.41, 5.74) is 1.40. The van der Waals surface area contributed by atoms with Gasteiger partial charge in [-0.05, 0) is 48.9 Å². The standard InChI is InChI=1S/C14H20BrClO/c1-10(16)8-14(2,3)9-11-7-12(15)5-6-13(11)17-4/h5-7,10H,8-9H2,1-4H3. The minimum Gasteiger partial charge on any atom is -0.496 e. The lowest BCUT2D eigenvalue weighted by Gasteiger charge is -2.27. The van der Waals surface area contributed by atoms with Crippen LogP contribution < -0.4 is 4.74 Å². The molecule has 0 aromatic heterocycles. The second-order valence-corrected chi connectivity index (χ2v) is 6.94. The molecular weight excluding hydrogens is 300 g/mol. The highest BCUT2D eigenvalue weighted by molar-refractivity contribution is 9.10. The molecule has 1 unspecified atom stereocenters. The molecule has 3 heteroatoms. The molecular formula is C14H20BrClO. The first-order valence-electron chi connectivity index (χ1n) is 5.80. The average molecular weight is 320 g/mol. The Morgan fingerprint density at radius 2 is 2.06 bits per heavy atom. The number of ether oxygens (including phenoxy) is 1. The highest BCUT2D eigenvalue weighted by Crippen LogP contribution is 2.33. The zero-order valence-electron chi connectivity index (χ0n) is 10.9. The summed E-state index contributed by atoms with van der Waals surface area (Å²) < 4.78 is 6.48. The third kappa shape index (κ3) is 4.89. The second-order valence-electron chi connectivity index (χ2n) is 5.28. The van der Waals surface area contributed by atoms with Gasteiger partial charge < -0.3 is 4.74 Å². The van der Waals surface area contributed by atoms with Crippen LogP contribution in [0.4, 0.5) is 0 Å². The van der Waals surface area contributed by atoms with E-state index in [9.17, 15) is 0 Å². The van der Waals surface area contributed by atoms with E-state index in [2.05, 4.69) is 35.8 Å². The first kappa shape index (κ1) is 14.8. The Bertz CT molecular complexity index is 374. The van der Waals surface area contributed by atoms with Crippen LogP contribution in [-0.2, 0) is 6.42 Å². The molecule has 96 valence electrons. The van der Waals surface area contributed by atoms with Gasteiger partial charge in [-0.15, -0.1) is 11.6 Å². The molecule has 1 nitrogen and oxygen atoms in total. The molecule has 1 atom stereocenters. The summed E-state index contributed by atoms with van der Waals surface area (Å²) in [6.45, 7) is 6.53. The number of halogens is 2. The Balaban J connectivity index is 2.89. The molecule has 0 saturated carbocycles. The molecule has 1 rings (SSSR count). The number of hydrogen-bond acceptors (Lipinski definition) is 1. The van der Waals surface area contributed by atoms with E-state index in [0.29, 0.717) is 0 Å². The molecule has 0 bridgehead atoms. The lowest BCUT2D eigenvalue weighted by molar-refractivity contribution is 0.323. The van der Waals surface area contributed by atoms with Crippen molar-refractivity contribution in [2.75, 3.05) is 7.11 Å². The maximum absolute atomic E-state index is 6.09. The van der Waals surface area contributed by atoms with Crippen molar-refractivity contribution in [3.8, 4) is 5.75 Å².